The highest BCUT2D eigenvalue weighted by Crippen LogP contribution is 2.29. The minimum absolute atomic E-state index is 0.0954. The van der Waals surface area contributed by atoms with Gasteiger partial charge in [0.1, 0.15) is 11.6 Å². The molecule has 0 bridgehead atoms. The third-order valence-electron chi connectivity index (χ3n) is 3.79. The molecule has 0 aliphatic carbocycles. The molecule has 1 heterocycles. The van der Waals surface area contributed by atoms with Gasteiger partial charge in [0.2, 0.25) is 0 Å². The largest absolute Gasteiger partial charge is 0.276 e. The first kappa shape index (κ1) is 23.2. The van der Waals surface area contributed by atoms with Gasteiger partial charge < -0.3 is 0 Å². The minimum Gasteiger partial charge on any atom is -0.276 e. The van der Waals surface area contributed by atoms with Crippen molar-refractivity contribution in [3.05, 3.63) is 73.5 Å². The van der Waals surface area contributed by atoms with E-state index in [2.05, 4.69) is 6.07 Å². The maximum Gasteiger partial charge on any atom is 0.275 e. The van der Waals surface area contributed by atoms with Crippen LogP contribution >= 0.6 is 23.2 Å². The molecular formula is C22H21Cl2N3O. The standard InChI is InChI=1S/C18H9Cl2N3O.2C2H6/c1-10-2-4-13(6-11(10)8-21)23-16-7-12(19)3-5-14(16)17(20)15(9-22)18(23)24;2*1-2/h2-7H,1H3;2*1-2H3. The maximum absolute atomic E-state index is 12.8. The van der Waals surface area contributed by atoms with Crippen molar-refractivity contribution >= 4 is 34.1 Å². The molecule has 28 heavy (non-hydrogen) atoms. The van der Waals surface area contributed by atoms with Gasteiger partial charge in [-0.1, -0.05) is 57.0 Å². The van der Waals surface area contributed by atoms with E-state index in [1.807, 2.05) is 40.7 Å². The van der Waals surface area contributed by atoms with Gasteiger partial charge in [-0.25, -0.2) is 0 Å². The lowest BCUT2D eigenvalue weighted by molar-refractivity contribution is 1.03. The summed E-state index contributed by atoms with van der Waals surface area (Å²) in [6.45, 7) is 9.81. The summed E-state index contributed by atoms with van der Waals surface area (Å²) in [5, 5.41) is 19.6. The van der Waals surface area contributed by atoms with Crippen LogP contribution in [-0.4, -0.2) is 4.57 Å². The van der Waals surface area contributed by atoms with Gasteiger partial charge in [0.25, 0.3) is 5.56 Å². The summed E-state index contributed by atoms with van der Waals surface area (Å²) in [5.41, 5.74) is 1.50. The Morgan fingerprint density at radius 2 is 1.57 bits per heavy atom. The van der Waals surface area contributed by atoms with Crippen LogP contribution in [0.3, 0.4) is 0 Å². The lowest BCUT2D eigenvalue weighted by Gasteiger charge is -2.14. The number of pyridine rings is 1. The van der Waals surface area contributed by atoms with Crippen molar-refractivity contribution in [2.24, 2.45) is 0 Å². The Labute approximate surface area is 175 Å². The first-order valence-electron chi connectivity index (χ1n) is 8.93. The zero-order valence-electron chi connectivity index (χ0n) is 16.5. The van der Waals surface area contributed by atoms with Crippen LogP contribution in [0.2, 0.25) is 10.0 Å². The van der Waals surface area contributed by atoms with Crippen LogP contribution in [0.5, 0.6) is 0 Å². The number of halogens is 2. The van der Waals surface area contributed by atoms with E-state index in [0.29, 0.717) is 27.2 Å². The molecule has 3 rings (SSSR count). The number of fused-ring (bicyclic) bond motifs is 1. The molecule has 4 nitrogen and oxygen atoms in total. The molecule has 0 amide bonds. The zero-order valence-corrected chi connectivity index (χ0v) is 18.0. The molecule has 0 saturated heterocycles. The van der Waals surface area contributed by atoms with Crippen LogP contribution in [0.1, 0.15) is 44.4 Å². The van der Waals surface area contributed by atoms with Gasteiger partial charge >= 0.3 is 0 Å². The van der Waals surface area contributed by atoms with Crippen LogP contribution in [0.4, 0.5) is 0 Å². The highest BCUT2D eigenvalue weighted by atomic mass is 35.5. The van der Waals surface area contributed by atoms with Gasteiger partial charge in [-0.2, -0.15) is 10.5 Å². The molecule has 3 aromatic rings. The first-order chi connectivity index (χ1) is 13.5. The Morgan fingerprint density at radius 1 is 0.929 bits per heavy atom. The topological polar surface area (TPSA) is 69.6 Å². The molecule has 6 heteroatoms. The Morgan fingerprint density at radius 3 is 2.14 bits per heavy atom. The highest BCUT2D eigenvalue weighted by Gasteiger charge is 2.17. The smallest absolute Gasteiger partial charge is 0.275 e. The molecule has 0 aliphatic rings. The summed E-state index contributed by atoms with van der Waals surface area (Å²) in [6, 6.07) is 13.9. The van der Waals surface area contributed by atoms with Crippen LogP contribution in [0.15, 0.2) is 41.2 Å². The van der Waals surface area contributed by atoms with Gasteiger partial charge in [0, 0.05) is 10.4 Å². The molecule has 0 fully saturated rings. The summed E-state index contributed by atoms with van der Waals surface area (Å²) in [5.74, 6) is 0. The number of hydrogen-bond acceptors (Lipinski definition) is 3. The second-order valence-electron chi connectivity index (χ2n) is 5.21. The quantitative estimate of drug-likeness (QED) is 0.463. The average Bonchev–Trinajstić information content (AvgIpc) is 2.72. The van der Waals surface area contributed by atoms with Crippen molar-refractivity contribution in [3.8, 4) is 17.8 Å². The average molecular weight is 414 g/mol. The molecule has 0 spiro atoms. The summed E-state index contributed by atoms with van der Waals surface area (Å²) in [7, 11) is 0. The van der Waals surface area contributed by atoms with Crippen molar-refractivity contribution in [1.82, 2.24) is 4.57 Å². The van der Waals surface area contributed by atoms with E-state index in [-0.39, 0.29) is 10.6 Å². The lowest BCUT2D eigenvalue weighted by Crippen LogP contribution is -2.22. The Bertz CT molecular complexity index is 1140. The molecule has 0 aliphatic heterocycles. The molecule has 1 aromatic heterocycles. The predicted molar refractivity (Wildman–Crippen MR) is 116 cm³/mol. The van der Waals surface area contributed by atoms with Gasteiger partial charge in [0.15, 0.2) is 0 Å². The van der Waals surface area contributed by atoms with Crippen molar-refractivity contribution < 1.29 is 0 Å². The number of hydrogen-bond donors (Lipinski definition) is 0. The molecule has 0 N–H and O–H groups in total. The van der Waals surface area contributed by atoms with Crippen LogP contribution in [0, 0.1) is 29.6 Å². The summed E-state index contributed by atoms with van der Waals surface area (Å²) < 4.78 is 1.35. The summed E-state index contributed by atoms with van der Waals surface area (Å²) in [4.78, 5) is 12.8. The third kappa shape index (κ3) is 4.37. The monoisotopic (exact) mass is 413 g/mol. The third-order valence-corrected chi connectivity index (χ3v) is 4.41. The molecule has 0 radical (unpaired) electrons. The fraction of sp³-hybridized carbons (Fsp3) is 0.227. The molecule has 0 saturated carbocycles. The summed E-state index contributed by atoms with van der Waals surface area (Å²) >= 11 is 12.3. The predicted octanol–water partition coefficient (Wildman–Crippen LogP) is 6.40. The number of aromatic nitrogens is 1. The van der Waals surface area contributed by atoms with Gasteiger partial charge in [-0.05, 0) is 42.8 Å². The highest BCUT2D eigenvalue weighted by molar-refractivity contribution is 6.37. The fourth-order valence-electron chi connectivity index (χ4n) is 2.55. The van der Waals surface area contributed by atoms with E-state index in [9.17, 15) is 15.3 Å². The van der Waals surface area contributed by atoms with Crippen molar-refractivity contribution in [3.63, 3.8) is 0 Å². The number of nitrogens with zero attached hydrogens (tertiary/aromatic N) is 3. The molecular weight excluding hydrogens is 393 g/mol. The van der Waals surface area contributed by atoms with E-state index in [1.165, 1.54) is 4.57 Å². The number of aryl methyl sites for hydroxylation is 1. The lowest BCUT2D eigenvalue weighted by atomic mass is 10.1. The minimum atomic E-state index is -0.551. The molecule has 144 valence electrons. The van der Waals surface area contributed by atoms with Crippen LogP contribution < -0.4 is 5.56 Å². The summed E-state index contributed by atoms with van der Waals surface area (Å²) in [6.07, 6.45) is 0. The van der Waals surface area contributed by atoms with Crippen LogP contribution in [-0.2, 0) is 0 Å². The second-order valence-corrected chi connectivity index (χ2v) is 6.03. The van der Waals surface area contributed by atoms with Crippen molar-refractivity contribution in [2.75, 3.05) is 0 Å². The Balaban J connectivity index is 0.000000921. The number of rotatable bonds is 1. The van der Waals surface area contributed by atoms with Crippen LogP contribution in [0.25, 0.3) is 16.6 Å². The number of nitriles is 2. The first-order valence-corrected chi connectivity index (χ1v) is 9.68. The van der Waals surface area contributed by atoms with E-state index in [1.54, 1.807) is 36.4 Å². The Kier molecular flexibility index (Phi) is 8.74. The molecule has 0 unspecified atom stereocenters. The van der Waals surface area contributed by atoms with Crippen molar-refractivity contribution in [2.45, 2.75) is 34.6 Å². The van der Waals surface area contributed by atoms with Gasteiger partial charge in [-0.3, -0.25) is 9.36 Å². The molecule has 0 atom stereocenters. The fourth-order valence-corrected chi connectivity index (χ4v) is 3.00. The SMILES string of the molecule is CC.CC.Cc1ccc(-n2c(=O)c(C#N)c(Cl)c3ccc(Cl)cc32)cc1C#N. The van der Waals surface area contributed by atoms with E-state index in [0.717, 1.165) is 5.56 Å². The van der Waals surface area contributed by atoms with Gasteiger partial charge in [0.05, 0.1) is 27.9 Å². The van der Waals surface area contributed by atoms with E-state index in [4.69, 9.17) is 23.2 Å². The normalized spacial score (nSPS) is 9.32. The maximum atomic E-state index is 12.8. The second kappa shape index (κ2) is 10.5. The van der Waals surface area contributed by atoms with E-state index >= 15 is 0 Å². The number of benzene rings is 2. The zero-order chi connectivity index (χ0) is 21.4. The van der Waals surface area contributed by atoms with Crippen molar-refractivity contribution in [1.29, 1.82) is 10.5 Å². The van der Waals surface area contributed by atoms with E-state index < -0.39 is 5.56 Å². The Hall–Kier alpha value is -2.79. The molecule has 2 aromatic carbocycles. The van der Waals surface area contributed by atoms with Gasteiger partial charge in [-0.15, -0.1) is 0 Å².